The molecular weight excluding hydrogens is 190 g/mol. The predicted molar refractivity (Wildman–Crippen MR) is 62.2 cm³/mol. The molecule has 0 bridgehead atoms. The van der Waals surface area contributed by atoms with Crippen molar-refractivity contribution in [3.63, 3.8) is 0 Å². The van der Waals surface area contributed by atoms with Crippen LogP contribution in [0.15, 0.2) is 0 Å². The monoisotopic (exact) mass is 209 g/mol. The summed E-state index contributed by atoms with van der Waals surface area (Å²) in [5, 5.41) is 1.32. The molecule has 0 radical (unpaired) electrons. The van der Waals surface area contributed by atoms with Crippen molar-refractivity contribution < 1.29 is 0 Å². The second-order valence-electron chi connectivity index (χ2n) is 5.22. The number of thiazole rings is 1. The fourth-order valence-electron chi connectivity index (χ4n) is 2.02. The Morgan fingerprint density at radius 2 is 2.14 bits per heavy atom. The van der Waals surface area contributed by atoms with Crippen LogP contribution in [0.4, 0.5) is 0 Å². The molecular formula is C12H19NS. The average molecular weight is 209 g/mol. The molecule has 0 amide bonds. The Morgan fingerprint density at radius 3 is 2.71 bits per heavy atom. The van der Waals surface area contributed by atoms with Gasteiger partial charge in [0.05, 0.1) is 10.7 Å². The van der Waals surface area contributed by atoms with Gasteiger partial charge in [0.2, 0.25) is 0 Å². The molecule has 1 nitrogen and oxygen atoms in total. The number of aryl methyl sites for hydroxylation is 1. The van der Waals surface area contributed by atoms with Crippen molar-refractivity contribution in [1.29, 1.82) is 0 Å². The number of hydrogen-bond acceptors (Lipinski definition) is 2. The smallest absolute Gasteiger partial charge is 0.0984 e. The van der Waals surface area contributed by atoms with Gasteiger partial charge in [-0.25, -0.2) is 4.98 Å². The second kappa shape index (κ2) is 3.34. The van der Waals surface area contributed by atoms with Crippen LogP contribution in [-0.2, 0) is 11.8 Å². The lowest BCUT2D eigenvalue weighted by molar-refractivity contribution is 0.573. The Labute approximate surface area is 90.6 Å². The molecule has 0 aromatic carbocycles. The standard InChI is InChI=1S/C12H19NS/c1-5-8-6-7-9-10(8)13-11(14-9)12(2,3)4/h8H,5-7H2,1-4H3. The van der Waals surface area contributed by atoms with Crippen LogP contribution < -0.4 is 0 Å². The van der Waals surface area contributed by atoms with Crippen LogP contribution in [0.3, 0.4) is 0 Å². The van der Waals surface area contributed by atoms with E-state index in [0.717, 1.165) is 5.92 Å². The molecule has 1 heterocycles. The number of nitrogens with zero attached hydrogens (tertiary/aromatic N) is 1. The molecule has 0 spiro atoms. The molecule has 0 saturated heterocycles. The molecule has 1 aromatic rings. The summed E-state index contributed by atoms with van der Waals surface area (Å²) in [4.78, 5) is 6.39. The lowest BCUT2D eigenvalue weighted by Gasteiger charge is -2.14. The maximum absolute atomic E-state index is 4.83. The van der Waals surface area contributed by atoms with E-state index in [9.17, 15) is 0 Å². The van der Waals surface area contributed by atoms with Gasteiger partial charge in [-0.1, -0.05) is 27.7 Å². The van der Waals surface area contributed by atoms with E-state index in [4.69, 9.17) is 4.98 Å². The lowest BCUT2D eigenvalue weighted by Crippen LogP contribution is -2.10. The Bertz CT molecular complexity index is 333. The molecule has 2 rings (SSSR count). The van der Waals surface area contributed by atoms with Gasteiger partial charge in [0.15, 0.2) is 0 Å². The third-order valence-electron chi connectivity index (χ3n) is 2.97. The second-order valence-corrected chi connectivity index (χ2v) is 6.30. The van der Waals surface area contributed by atoms with E-state index in [1.807, 2.05) is 11.3 Å². The first kappa shape index (κ1) is 10.2. The Kier molecular flexibility index (Phi) is 2.42. The van der Waals surface area contributed by atoms with Crippen LogP contribution in [0, 0.1) is 0 Å². The first-order chi connectivity index (χ1) is 6.52. The summed E-state index contributed by atoms with van der Waals surface area (Å²) >= 11 is 1.94. The zero-order valence-corrected chi connectivity index (χ0v) is 10.4. The highest BCUT2D eigenvalue weighted by Gasteiger charge is 2.28. The SMILES string of the molecule is CCC1CCc2sc(C(C)(C)C)nc21. The summed E-state index contributed by atoms with van der Waals surface area (Å²) in [5.74, 6) is 0.748. The van der Waals surface area contributed by atoms with Crippen molar-refractivity contribution in [2.45, 2.75) is 58.3 Å². The lowest BCUT2D eigenvalue weighted by atomic mass is 9.98. The van der Waals surface area contributed by atoms with E-state index < -0.39 is 0 Å². The molecule has 1 aliphatic rings. The van der Waals surface area contributed by atoms with Gasteiger partial charge in [-0.3, -0.25) is 0 Å². The normalized spacial score (nSPS) is 21.3. The fourth-order valence-corrected chi connectivity index (χ4v) is 3.24. The van der Waals surface area contributed by atoms with Gasteiger partial charge in [0.1, 0.15) is 0 Å². The Morgan fingerprint density at radius 1 is 1.43 bits per heavy atom. The third-order valence-corrected chi connectivity index (χ3v) is 4.53. The summed E-state index contributed by atoms with van der Waals surface area (Å²) in [7, 11) is 0. The van der Waals surface area contributed by atoms with Crippen molar-refractivity contribution >= 4 is 11.3 Å². The van der Waals surface area contributed by atoms with Crippen molar-refractivity contribution in [2.75, 3.05) is 0 Å². The molecule has 1 aromatic heterocycles. The van der Waals surface area contributed by atoms with Gasteiger partial charge in [-0.2, -0.15) is 0 Å². The van der Waals surface area contributed by atoms with Crippen molar-refractivity contribution in [3.8, 4) is 0 Å². The number of rotatable bonds is 1. The molecule has 0 saturated carbocycles. The quantitative estimate of drug-likeness (QED) is 0.684. The molecule has 2 heteroatoms. The van der Waals surface area contributed by atoms with Gasteiger partial charge in [0, 0.05) is 16.2 Å². The van der Waals surface area contributed by atoms with Crippen molar-refractivity contribution in [2.24, 2.45) is 0 Å². The minimum atomic E-state index is 0.229. The van der Waals surface area contributed by atoms with Gasteiger partial charge in [-0.15, -0.1) is 11.3 Å². The minimum absolute atomic E-state index is 0.229. The zero-order valence-electron chi connectivity index (χ0n) is 9.55. The largest absolute Gasteiger partial charge is 0.245 e. The van der Waals surface area contributed by atoms with E-state index >= 15 is 0 Å². The van der Waals surface area contributed by atoms with E-state index in [-0.39, 0.29) is 5.41 Å². The Hall–Kier alpha value is -0.370. The first-order valence-electron chi connectivity index (χ1n) is 5.52. The van der Waals surface area contributed by atoms with Gasteiger partial charge in [-0.05, 0) is 19.3 Å². The molecule has 0 aliphatic heterocycles. The van der Waals surface area contributed by atoms with Crippen LogP contribution in [0.2, 0.25) is 0 Å². The molecule has 1 unspecified atom stereocenters. The summed E-state index contributed by atoms with van der Waals surface area (Å²) in [6.07, 6.45) is 3.84. The number of fused-ring (bicyclic) bond motifs is 1. The van der Waals surface area contributed by atoms with Gasteiger partial charge < -0.3 is 0 Å². The molecule has 0 fully saturated rings. The first-order valence-corrected chi connectivity index (χ1v) is 6.34. The zero-order chi connectivity index (χ0) is 10.3. The maximum Gasteiger partial charge on any atom is 0.0984 e. The molecule has 14 heavy (non-hydrogen) atoms. The van der Waals surface area contributed by atoms with Crippen LogP contribution >= 0.6 is 11.3 Å². The highest BCUT2D eigenvalue weighted by atomic mass is 32.1. The van der Waals surface area contributed by atoms with Crippen LogP contribution in [-0.4, -0.2) is 4.98 Å². The molecule has 1 atom stereocenters. The predicted octanol–water partition coefficient (Wildman–Crippen LogP) is 3.88. The van der Waals surface area contributed by atoms with Gasteiger partial charge >= 0.3 is 0 Å². The number of aromatic nitrogens is 1. The van der Waals surface area contributed by atoms with Crippen LogP contribution in [0.5, 0.6) is 0 Å². The van der Waals surface area contributed by atoms with Crippen LogP contribution in [0.25, 0.3) is 0 Å². The molecule has 0 N–H and O–H groups in total. The van der Waals surface area contributed by atoms with Gasteiger partial charge in [0.25, 0.3) is 0 Å². The highest BCUT2D eigenvalue weighted by molar-refractivity contribution is 7.12. The van der Waals surface area contributed by atoms with E-state index in [2.05, 4.69) is 27.7 Å². The molecule has 78 valence electrons. The average Bonchev–Trinajstić information content (AvgIpc) is 2.58. The van der Waals surface area contributed by atoms with E-state index in [1.165, 1.54) is 30.0 Å². The topological polar surface area (TPSA) is 12.9 Å². The Balaban J connectivity index is 2.35. The summed E-state index contributed by atoms with van der Waals surface area (Å²) in [6.45, 7) is 9.03. The minimum Gasteiger partial charge on any atom is -0.245 e. The summed E-state index contributed by atoms with van der Waals surface area (Å²) < 4.78 is 0. The third kappa shape index (κ3) is 1.60. The fraction of sp³-hybridized carbons (Fsp3) is 0.750. The molecule has 1 aliphatic carbocycles. The summed E-state index contributed by atoms with van der Waals surface area (Å²) in [6, 6.07) is 0. The van der Waals surface area contributed by atoms with E-state index in [0.29, 0.717) is 0 Å². The van der Waals surface area contributed by atoms with E-state index in [1.54, 1.807) is 4.88 Å². The maximum atomic E-state index is 4.83. The summed E-state index contributed by atoms with van der Waals surface area (Å²) in [5.41, 5.74) is 1.65. The van der Waals surface area contributed by atoms with Crippen molar-refractivity contribution in [1.82, 2.24) is 4.98 Å². The number of hydrogen-bond donors (Lipinski definition) is 0. The highest BCUT2D eigenvalue weighted by Crippen LogP contribution is 2.40. The van der Waals surface area contributed by atoms with Crippen LogP contribution in [0.1, 0.15) is 62.0 Å². The van der Waals surface area contributed by atoms with Crippen molar-refractivity contribution in [3.05, 3.63) is 15.6 Å².